The number of ether oxygens (including phenoxy) is 2. The fraction of sp³-hybridized carbons (Fsp3) is 0.688. The minimum absolute atomic E-state index is 0. The Balaban J connectivity index is 0.00000288. The maximum Gasteiger partial charge on any atom is 0.410 e. The molecule has 0 aliphatic carbocycles. The number of esters is 1. The van der Waals surface area contributed by atoms with Gasteiger partial charge < -0.3 is 9.47 Å². The summed E-state index contributed by atoms with van der Waals surface area (Å²) < 4.78 is 10.1. The normalized spacial score (nSPS) is 17.3. The Morgan fingerprint density at radius 2 is 2.12 bits per heavy atom. The summed E-state index contributed by atoms with van der Waals surface area (Å²) in [5.74, 6) is -0.226. The first-order chi connectivity index (χ1) is 10.8. The van der Waals surface area contributed by atoms with Crippen LogP contribution < -0.4 is 0 Å². The van der Waals surface area contributed by atoms with Crippen LogP contribution in [0.1, 0.15) is 56.0 Å². The molecule has 1 aliphatic heterocycles. The van der Waals surface area contributed by atoms with Crippen molar-refractivity contribution in [2.75, 3.05) is 13.7 Å². The summed E-state index contributed by atoms with van der Waals surface area (Å²) in [5, 5.41) is 0.910. The van der Waals surface area contributed by atoms with Gasteiger partial charge in [-0.25, -0.2) is 9.78 Å². The molecule has 24 heavy (non-hydrogen) atoms. The smallest absolute Gasteiger partial charge is 0.410 e. The largest absolute Gasteiger partial charge is 0.469 e. The van der Waals surface area contributed by atoms with Crippen LogP contribution in [0, 0.1) is 0 Å². The molecule has 2 heterocycles. The summed E-state index contributed by atoms with van der Waals surface area (Å²) in [4.78, 5) is 30.8. The number of aryl methyl sites for hydroxylation is 1. The molecule has 0 N–H and O–H groups in total. The average molecular weight is 377 g/mol. The van der Waals surface area contributed by atoms with Crippen molar-refractivity contribution in [3.8, 4) is 0 Å². The number of thiazole rings is 1. The van der Waals surface area contributed by atoms with Crippen molar-refractivity contribution in [1.29, 1.82) is 0 Å². The Kier molecular flexibility index (Phi) is 7.48. The van der Waals surface area contributed by atoms with Gasteiger partial charge in [0.25, 0.3) is 0 Å². The van der Waals surface area contributed by atoms with E-state index in [-0.39, 0.29) is 30.5 Å². The van der Waals surface area contributed by atoms with Crippen LogP contribution in [0.5, 0.6) is 0 Å². The summed E-state index contributed by atoms with van der Waals surface area (Å²) in [6.07, 6.45) is 4.30. The third-order valence-electron chi connectivity index (χ3n) is 3.54. The second-order valence-corrected chi connectivity index (χ2v) is 7.72. The van der Waals surface area contributed by atoms with Crippen LogP contribution in [0.2, 0.25) is 0 Å². The van der Waals surface area contributed by atoms with Gasteiger partial charge in [-0.3, -0.25) is 9.69 Å². The summed E-state index contributed by atoms with van der Waals surface area (Å²) in [6.45, 7) is 6.29. The van der Waals surface area contributed by atoms with Gasteiger partial charge in [-0.15, -0.1) is 23.7 Å². The van der Waals surface area contributed by atoms with Crippen molar-refractivity contribution >= 4 is 35.8 Å². The maximum atomic E-state index is 12.3. The van der Waals surface area contributed by atoms with Crippen molar-refractivity contribution in [1.82, 2.24) is 9.88 Å². The summed E-state index contributed by atoms with van der Waals surface area (Å²) >= 11 is 1.55. The van der Waals surface area contributed by atoms with E-state index >= 15 is 0 Å². The van der Waals surface area contributed by atoms with Gasteiger partial charge in [0.2, 0.25) is 0 Å². The number of hydrogen-bond donors (Lipinski definition) is 0. The van der Waals surface area contributed by atoms with Gasteiger partial charge in [0, 0.05) is 17.6 Å². The predicted molar refractivity (Wildman–Crippen MR) is 94.6 cm³/mol. The van der Waals surface area contributed by atoms with Crippen molar-refractivity contribution < 1.29 is 19.1 Å². The lowest BCUT2D eigenvalue weighted by molar-refractivity contribution is -0.140. The third-order valence-corrected chi connectivity index (χ3v) is 4.70. The second-order valence-electron chi connectivity index (χ2n) is 6.57. The monoisotopic (exact) mass is 376 g/mol. The molecule has 1 aliphatic rings. The Morgan fingerprint density at radius 3 is 2.75 bits per heavy atom. The second kappa shape index (κ2) is 8.67. The number of hydrogen-bond acceptors (Lipinski definition) is 6. The van der Waals surface area contributed by atoms with Gasteiger partial charge in [-0.1, -0.05) is 0 Å². The van der Waals surface area contributed by atoms with Gasteiger partial charge in [0.15, 0.2) is 0 Å². The minimum Gasteiger partial charge on any atom is -0.469 e. The van der Waals surface area contributed by atoms with Crippen LogP contribution >= 0.6 is 23.7 Å². The van der Waals surface area contributed by atoms with Crippen molar-refractivity contribution in [3.05, 3.63) is 16.1 Å². The highest BCUT2D eigenvalue weighted by atomic mass is 35.5. The Bertz CT molecular complexity index is 571. The number of methoxy groups -OCH3 is 1. The van der Waals surface area contributed by atoms with Gasteiger partial charge in [-0.05, 0) is 40.0 Å². The molecule has 8 heteroatoms. The zero-order valence-electron chi connectivity index (χ0n) is 14.5. The first kappa shape index (κ1) is 20.7. The first-order valence-electron chi connectivity index (χ1n) is 7.81. The number of carbonyl (C=O) groups excluding carboxylic acids is 2. The van der Waals surface area contributed by atoms with Gasteiger partial charge in [0.1, 0.15) is 10.6 Å². The zero-order chi connectivity index (χ0) is 17.0. The van der Waals surface area contributed by atoms with Crippen LogP contribution in [0.25, 0.3) is 0 Å². The SMILES string of the molecule is COC(=O)CCc1cnc([C@@H]2CCCN2C(=O)OC(C)(C)C)s1.Cl. The van der Waals surface area contributed by atoms with Crippen LogP contribution in [0.15, 0.2) is 6.20 Å². The molecule has 1 saturated heterocycles. The predicted octanol–water partition coefficient (Wildman–Crippen LogP) is 3.74. The number of halogens is 1. The number of carbonyl (C=O) groups is 2. The standard InChI is InChI=1S/C16H24N2O4S.ClH/c1-16(2,3)22-15(20)18-9-5-6-12(18)14-17-10-11(23-14)7-8-13(19)21-4;/h10,12H,5-9H2,1-4H3;1H/t12-;/m0./s1. The highest BCUT2D eigenvalue weighted by molar-refractivity contribution is 7.11. The average Bonchev–Trinajstić information content (AvgIpc) is 3.11. The molecule has 1 aromatic rings. The van der Waals surface area contributed by atoms with E-state index in [9.17, 15) is 9.59 Å². The summed E-state index contributed by atoms with van der Waals surface area (Å²) in [7, 11) is 1.39. The van der Waals surface area contributed by atoms with E-state index in [2.05, 4.69) is 9.72 Å². The molecule has 1 aromatic heterocycles. The van der Waals surface area contributed by atoms with E-state index in [4.69, 9.17) is 4.74 Å². The van der Waals surface area contributed by atoms with Crippen LogP contribution in [0.3, 0.4) is 0 Å². The highest BCUT2D eigenvalue weighted by Crippen LogP contribution is 2.35. The Morgan fingerprint density at radius 1 is 1.42 bits per heavy atom. The number of rotatable bonds is 4. The van der Waals surface area contributed by atoms with Gasteiger partial charge in [0.05, 0.1) is 19.6 Å². The lowest BCUT2D eigenvalue weighted by Crippen LogP contribution is -2.36. The molecule has 0 radical (unpaired) electrons. The molecule has 1 atom stereocenters. The molecule has 1 fully saturated rings. The number of amides is 1. The molecule has 136 valence electrons. The van der Waals surface area contributed by atoms with E-state index in [0.29, 0.717) is 19.4 Å². The van der Waals surface area contributed by atoms with Crippen LogP contribution in [-0.2, 0) is 20.7 Å². The summed E-state index contributed by atoms with van der Waals surface area (Å²) in [6, 6.07) is -0.0262. The number of nitrogens with zero attached hydrogens (tertiary/aromatic N) is 2. The maximum absolute atomic E-state index is 12.3. The Hall–Kier alpha value is -1.34. The van der Waals surface area contributed by atoms with Crippen LogP contribution in [0.4, 0.5) is 4.79 Å². The molecule has 1 amide bonds. The Labute approximate surface area is 152 Å². The lowest BCUT2D eigenvalue weighted by atomic mass is 10.2. The van der Waals surface area contributed by atoms with E-state index in [1.807, 2.05) is 20.8 Å². The molecule has 0 saturated carbocycles. The lowest BCUT2D eigenvalue weighted by Gasteiger charge is -2.27. The van der Waals surface area contributed by atoms with Gasteiger partial charge in [-0.2, -0.15) is 0 Å². The zero-order valence-corrected chi connectivity index (χ0v) is 16.2. The molecule has 0 spiro atoms. The van der Waals surface area contributed by atoms with E-state index in [1.165, 1.54) is 7.11 Å². The van der Waals surface area contributed by atoms with Crippen molar-refractivity contribution in [2.45, 2.75) is 58.1 Å². The first-order valence-corrected chi connectivity index (χ1v) is 8.63. The molecule has 6 nitrogen and oxygen atoms in total. The topological polar surface area (TPSA) is 68.7 Å². The van der Waals surface area contributed by atoms with Gasteiger partial charge >= 0.3 is 12.1 Å². The van der Waals surface area contributed by atoms with E-state index in [0.717, 1.165) is 22.7 Å². The molecular weight excluding hydrogens is 352 g/mol. The van der Waals surface area contributed by atoms with Crippen LogP contribution in [-0.4, -0.2) is 41.2 Å². The third kappa shape index (κ3) is 5.63. The van der Waals surface area contributed by atoms with E-state index < -0.39 is 5.60 Å². The minimum atomic E-state index is -0.501. The van der Waals surface area contributed by atoms with Crippen molar-refractivity contribution in [2.24, 2.45) is 0 Å². The number of likely N-dealkylation sites (tertiary alicyclic amines) is 1. The molecule has 0 unspecified atom stereocenters. The molecule has 0 aromatic carbocycles. The summed E-state index contributed by atoms with van der Waals surface area (Å²) in [5.41, 5.74) is -0.501. The number of aromatic nitrogens is 1. The quantitative estimate of drug-likeness (QED) is 0.748. The highest BCUT2D eigenvalue weighted by Gasteiger charge is 2.34. The van der Waals surface area contributed by atoms with E-state index in [1.54, 1.807) is 22.4 Å². The molecule has 2 rings (SSSR count). The molecule has 0 bridgehead atoms. The van der Waals surface area contributed by atoms with Crippen molar-refractivity contribution in [3.63, 3.8) is 0 Å². The fourth-order valence-corrected chi connectivity index (χ4v) is 3.55. The molecular formula is C16H25ClN2O4S. The fourth-order valence-electron chi connectivity index (χ4n) is 2.48.